The number of aromatic nitrogens is 3. The summed E-state index contributed by atoms with van der Waals surface area (Å²) in [6.07, 6.45) is -1.35. The molecule has 2 amide bonds. The summed E-state index contributed by atoms with van der Waals surface area (Å²) in [6, 6.07) is 10.7. The zero-order chi connectivity index (χ0) is 28.0. The summed E-state index contributed by atoms with van der Waals surface area (Å²) in [4.78, 5) is 31.6. The van der Waals surface area contributed by atoms with Gasteiger partial charge in [-0.05, 0) is 36.4 Å². The number of benzene rings is 1. The number of anilines is 3. The van der Waals surface area contributed by atoms with E-state index in [0.29, 0.717) is 65.6 Å². The van der Waals surface area contributed by atoms with E-state index in [1.807, 2.05) is 6.07 Å². The molecule has 2 aliphatic rings. The Morgan fingerprint density at radius 3 is 2.46 bits per heavy atom. The van der Waals surface area contributed by atoms with E-state index in [2.05, 4.69) is 15.3 Å². The van der Waals surface area contributed by atoms with E-state index in [9.17, 15) is 18.0 Å². The number of methoxy groups -OCH3 is 1. The summed E-state index contributed by atoms with van der Waals surface area (Å²) >= 11 is 0. The molecule has 6 rings (SSSR count). The van der Waals surface area contributed by atoms with Crippen LogP contribution < -0.4 is 19.9 Å². The number of urea groups is 1. The van der Waals surface area contributed by atoms with Crippen LogP contribution >= 0.6 is 12.4 Å². The Kier molecular flexibility index (Phi) is 7.62. The largest absolute Gasteiger partial charge is 0.481 e. The number of ether oxygens (including phenoxy) is 1. The van der Waals surface area contributed by atoms with Gasteiger partial charge in [-0.1, -0.05) is 0 Å². The molecule has 1 aromatic carbocycles. The van der Waals surface area contributed by atoms with E-state index in [1.54, 1.807) is 48.6 Å². The Balaban J connectivity index is 0.00000337. The molecule has 0 aliphatic carbocycles. The van der Waals surface area contributed by atoms with Crippen LogP contribution in [-0.2, 0) is 12.7 Å². The van der Waals surface area contributed by atoms with Crippen LogP contribution in [0.2, 0.25) is 0 Å². The molecule has 214 valence electrons. The number of nitrogens with zero attached hydrogens (tertiary/aromatic N) is 6. The van der Waals surface area contributed by atoms with E-state index >= 15 is 0 Å². The summed E-state index contributed by atoms with van der Waals surface area (Å²) < 4.78 is 48.3. The van der Waals surface area contributed by atoms with Crippen molar-refractivity contribution in [2.45, 2.75) is 12.7 Å². The fraction of sp³-hybridized carbons (Fsp3) is 0.286. The normalized spacial score (nSPS) is 15.5. The maximum absolute atomic E-state index is 14.4. The highest BCUT2D eigenvalue weighted by Gasteiger charge is 2.38. The molecule has 1 N–H and O–H groups in total. The number of carbonyl (C=O) groups is 1. The highest BCUT2D eigenvalue weighted by Crippen LogP contribution is 2.44. The van der Waals surface area contributed by atoms with Gasteiger partial charge in [0, 0.05) is 68.5 Å². The van der Waals surface area contributed by atoms with Crippen LogP contribution in [0.5, 0.6) is 5.88 Å². The topological polar surface area (TPSA) is 86.7 Å². The molecule has 0 unspecified atom stereocenters. The van der Waals surface area contributed by atoms with Gasteiger partial charge in [0.15, 0.2) is 0 Å². The third-order valence-corrected chi connectivity index (χ3v) is 7.15. The fourth-order valence-electron chi connectivity index (χ4n) is 5.17. The van der Waals surface area contributed by atoms with Crippen LogP contribution in [0.1, 0.15) is 11.1 Å². The zero-order valence-corrected chi connectivity index (χ0v) is 23.1. The summed E-state index contributed by atoms with van der Waals surface area (Å²) in [5.74, 6) is 0.452. The van der Waals surface area contributed by atoms with E-state index in [0.717, 1.165) is 6.07 Å². The molecule has 0 bridgehead atoms. The van der Waals surface area contributed by atoms with Crippen LogP contribution in [-0.4, -0.2) is 66.2 Å². The van der Waals surface area contributed by atoms with Gasteiger partial charge in [0.1, 0.15) is 5.52 Å². The van der Waals surface area contributed by atoms with Gasteiger partial charge in [0.05, 0.1) is 41.8 Å². The fourth-order valence-corrected chi connectivity index (χ4v) is 5.17. The van der Waals surface area contributed by atoms with Crippen molar-refractivity contribution < 1.29 is 22.7 Å². The molecule has 0 atom stereocenters. The Labute approximate surface area is 240 Å². The average Bonchev–Trinajstić information content (AvgIpc) is 2.97. The molecule has 0 saturated carbocycles. The van der Waals surface area contributed by atoms with Gasteiger partial charge in [-0.15, -0.1) is 12.4 Å². The lowest BCUT2D eigenvalue weighted by atomic mass is 10.0. The lowest BCUT2D eigenvalue weighted by Crippen LogP contribution is -2.44. The van der Waals surface area contributed by atoms with E-state index < -0.39 is 17.8 Å². The first-order valence-electron chi connectivity index (χ1n) is 12.8. The van der Waals surface area contributed by atoms with Crippen molar-refractivity contribution in [3.05, 3.63) is 66.0 Å². The van der Waals surface area contributed by atoms with Crippen molar-refractivity contribution in [3.63, 3.8) is 0 Å². The van der Waals surface area contributed by atoms with Crippen LogP contribution in [0.4, 0.5) is 35.0 Å². The second-order valence-electron chi connectivity index (χ2n) is 9.70. The number of alkyl halides is 3. The molecule has 1 fully saturated rings. The third-order valence-electron chi connectivity index (χ3n) is 7.15. The monoisotopic (exact) mass is 585 g/mol. The second kappa shape index (κ2) is 11.0. The van der Waals surface area contributed by atoms with Crippen molar-refractivity contribution in [2.24, 2.45) is 0 Å². The lowest BCUT2D eigenvalue weighted by Gasteiger charge is -2.36. The molecular weight excluding hydrogens is 559 g/mol. The van der Waals surface area contributed by atoms with Crippen LogP contribution in [0, 0.1) is 0 Å². The number of halogens is 4. The summed E-state index contributed by atoms with van der Waals surface area (Å²) in [5.41, 5.74) is 2.72. The number of piperazine rings is 1. The van der Waals surface area contributed by atoms with E-state index in [-0.39, 0.29) is 30.3 Å². The minimum atomic E-state index is -4.61. The first-order chi connectivity index (χ1) is 19.2. The Morgan fingerprint density at radius 2 is 1.78 bits per heavy atom. The van der Waals surface area contributed by atoms with E-state index in [4.69, 9.17) is 9.72 Å². The van der Waals surface area contributed by atoms with Gasteiger partial charge in [0.25, 0.3) is 0 Å². The number of rotatable bonds is 4. The van der Waals surface area contributed by atoms with Crippen LogP contribution in [0.25, 0.3) is 22.3 Å². The Hall–Kier alpha value is -4.16. The number of nitrogens with one attached hydrogen (secondary N) is 1. The van der Waals surface area contributed by atoms with Crippen molar-refractivity contribution >= 4 is 46.5 Å². The van der Waals surface area contributed by atoms with Crippen molar-refractivity contribution in [1.82, 2.24) is 25.2 Å². The maximum atomic E-state index is 14.4. The minimum Gasteiger partial charge on any atom is -0.481 e. The Morgan fingerprint density at radius 1 is 1.00 bits per heavy atom. The first-order valence-corrected chi connectivity index (χ1v) is 12.8. The Bertz CT molecular complexity index is 1590. The molecule has 2 aliphatic heterocycles. The number of hydrogen-bond donors (Lipinski definition) is 1. The molecule has 0 spiro atoms. The molecule has 5 heterocycles. The quantitative estimate of drug-likeness (QED) is 0.350. The second-order valence-corrected chi connectivity index (χ2v) is 9.70. The average molecular weight is 586 g/mol. The van der Waals surface area contributed by atoms with Crippen LogP contribution in [0.15, 0.2) is 54.9 Å². The van der Waals surface area contributed by atoms with Gasteiger partial charge in [-0.2, -0.15) is 13.2 Å². The molecule has 1 saturated heterocycles. The zero-order valence-electron chi connectivity index (χ0n) is 22.3. The van der Waals surface area contributed by atoms with Crippen molar-refractivity contribution in [1.29, 1.82) is 0 Å². The van der Waals surface area contributed by atoms with Crippen molar-refractivity contribution in [2.75, 3.05) is 50.1 Å². The predicted molar refractivity (Wildman–Crippen MR) is 152 cm³/mol. The summed E-state index contributed by atoms with van der Waals surface area (Å²) in [6.45, 7) is 2.35. The predicted octanol–water partition coefficient (Wildman–Crippen LogP) is 5.25. The highest BCUT2D eigenvalue weighted by molar-refractivity contribution is 6.08. The van der Waals surface area contributed by atoms with E-state index in [1.165, 1.54) is 23.0 Å². The van der Waals surface area contributed by atoms with Crippen molar-refractivity contribution in [3.8, 4) is 17.1 Å². The molecule has 0 radical (unpaired) electrons. The highest BCUT2D eigenvalue weighted by atomic mass is 35.5. The third kappa shape index (κ3) is 5.20. The molecule has 13 heteroatoms. The molecule has 3 aromatic heterocycles. The minimum absolute atomic E-state index is 0. The molecule has 41 heavy (non-hydrogen) atoms. The first kappa shape index (κ1) is 28.4. The lowest BCUT2D eigenvalue weighted by molar-refractivity contribution is -0.137. The van der Waals surface area contributed by atoms with Gasteiger partial charge in [-0.25, -0.2) is 14.8 Å². The van der Waals surface area contributed by atoms with Gasteiger partial charge >= 0.3 is 12.2 Å². The number of pyridine rings is 3. The number of amides is 2. The summed E-state index contributed by atoms with van der Waals surface area (Å²) in [7, 11) is 3.13. The SMILES string of the molecule is COc1ccc(-c2ccc3ncc4c(c3n2)N(c2ccc(N3CCNCC3)c(C(F)(F)F)c2)C(=O)N(C)C4)cn1.Cl. The maximum Gasteiger partial charge on any atom is 0.418 e. The van der Waals surface area contributed by atoms with Gasteiger partial charge < -0.3 is 19.9 Å². The molecule has 9 nitrogen and oxygen atoms in total. The molecular formula is C28H27ClF3N7O2. The smallest absolute Gasteiger partial charge is 0.418 e. The standard InChI is InChI=1S/C28H26F3N7O2.ClH/c1-36-16-18-15-33-22-6-5-21(17-3-8-24(40-2)34-14-17)35-25(22)26(18)38(27(36)39)19-4-7-23(20(13-19)28(29,30)31)37-11-9-32-10-12-37;/h3-8,13-15,32H,9-12,16H2,1-2H3;1H. The number of hydrogen-bond acceptors (Lipinski definition) is 7. The number of fused-ring (bicyclic) bond motifs is 3. The molecule has 4 aromatic rings. The van der Waals surface area contributed by atoms with Gasteiger partial charge in [-0.3, -0.25) is 9.88 Å². The number of carbonyl (C=O) groups excluding carboxylic acids is 1. The van der Waals surface area contributed by atoms with Gasteiger partial charge in [0.2, 0.25) is 5.88 Å². The van der Waals surface area contributed by atoms with Crippen LogP contribution in [0.3, 0.4) is 0 Å². The summed E-state index contributed by atoms with van der Waals surface area (Å²) in [5, 5.41) is 3.16.